The fourth-order valence-corrected chi connectivity index (χ4v) is 2.70. The van der Waals surface area contributed by atoms with Crippen LogP contribution in [-0.2, 0) is 10.9 Å². The van der Waals surface area contributed by atoms with Crippen LogP contribution in [0.15, 0.2) is 30.5 Å². The highest BCUT2D eigenvalue weighted by molar-refractivity contribution is 5.95. The Morgan fingerprint density at radius 2 is 2.20 bits per heavy atom. The molecule has 1 aromatic carbocycles. The normalized spacial score (nSPS) is 17.7. The molecular weight excluding hydrogens is 342 g/mol. The SMILES string of the molecule is O=C(NC[C@H]1CCCO1)c1cnn(-c2cccc(F)c2)c1C(F)(F)F. The van der Waals surface area contributed by atoms with Crippen LogP contribution in [0.4, 0.5) is 17.6 Å². The summed E-state index contributed by atoms with van der Waals surface area (Å²) in [6.45, 7) is 0.702. The van der Waals surface area contributed by atoms with Crippen molar-refractivity contribution >= 4 is 5.91 Å². The summed E-state index contributed by atoms with van der Waals surface area (Å²) in [5.74, 6) is -1.60. The molecule has 1 aromatic heterocycles. The fraction of sp³-hybridized carbons (Fsp3) is 0.375. The molecule has 0 radical (unpaired) electrons. The smallest absolute Gasteiger partial charge is 0.376 e. The van der Waals surface area contributed by atoms with E-state index in [1.807, 2.05) is 0 Å². The molecule has 134 valence electrons. The van der Waals surface area contributed by atoms with E-state index in [-0.39, 0.29) is 18.3 Å². The van der Waals surface area contributed by atoms with E-state index in [0.717, 1.165) is 31.2 Å². The van der Waals surface area contributed by atoms with Crippen LogP contribution < -0.4 is 5.32 Å². The molecule has 0 unspecified atom stereocenters. The maximum atomic E-state index is 13.5. The van der Waals surface area contributed by atoms with Crippen molar-refractivity contribution in [1.29, 1.82) is 0 Å². The zero-order chi connectivity index (χ0) is 18.0. The molecule has 2 heterocycles. The van der Waals surface area contributed by atoms with Gasteiger partial charge in [0.25, 0.3) is 5.91 Å². The zero-order valence-corrected chi connectivity index (χ0v) is 13.0. The summed E-state index contributed by atoms with van der Waals surface area (Å²) in [6.07, 6.45) is -2.60. The Kier molecular flexibility index (Phi) is 4.76. The predicted octanol–water partition coefficient (Wildman–Crippen LogP) is 2.94. The molecule has 1 saturated heterocycles. The van der Waals surface area contributed by atoms with E-state index < -0.39 is 29.2 Å². The van der Waals surface area contributed by atoms with Crippen LogP contribution in [0.2, 0.25) is 0 Å². The zero-order valence-electron chi connectivity index (χ0n) is 13.0. The van der Waals surface area contributed by atoms with Gasteiger partial charge in [0.05, 0.1) is 23.6 Å². The number of carbonyl (C=O) groups is 1. The van der Waals surface area contributed by atoms with Gasteiger partial charge in [0.15, 0.2) is 5.69 Å². The summed E-state index contributed by atoms with van der Waals surface area (Å²) in [7, 11) is 0. The number of halogens is 4. The van der Waals surface area contributed by atoms with Gasteiger partial charge in [-0.3, -0.25) is 4.79 Å². The highest BCUT2D eigenvalue weighted by Gasteiger charge is 2.40. The second kappa shape index (κ2) is 6.83. The molecule has 0 bridgehead atoms. The van der Waals surface area contributed by atoms with Crippen LogP contribution >= 0.6 is 0 Å². The molecule has 1 atom stereocenters. The number of ether oxygens (including phenoxy) is 1. The average molecular weight is 357 g/mol. The van der Waals surface area contributed by atoms with Crippen molar-refractivity contribution in [3.63, 3.8) is 0 Å². The largest absolute Gasteiger partial charge is 0.434 e. The van der Waals surface area contributed by atoms with Crippen LogP contribution in [0.3, 0.4) is 0 Å². The van der Waals surface area contributed by atoms with Gasteiger partial charge >= 0.3 is 6.18 Å². The lowest BCUT2D eigenvalue weighted by Crippen LogP contribution is -2.33. The third kappa shape index (κ3) is 3.81. The Labute approximate surface area is 140 Å². The third-order valence-corrected chi connectivity index (χ3v) is 3.85. The Morgan fingerprint density at radius 3 is 2.84 bits per heavy atom. The maximum absolute atomic E-state index is 13.5. The Balaban J connectivity index is 1.90. The molecule has 5 nitrogen and oxygen atoms in total. The van der Waals surface area contributed by atoms with E-state index in [1.54, 1.807) is 0 Å². The van der Waals surface area contributed by atoms with Gasteiger partial charge in [-0.2, -0.15) is 18.3 Å². The van der Waals surface area contributed by atoms with E-state index in [1.165, 1.54) is 12.1 Å². The van der Waals surface area contributed by atoms with Crippen LogP contribution in [0.5, 0.6) is 0 Å². The van der Waals surface area contributed by atoms with E-state index in [4.69, 9.17) is 4.74 Å². The van der Waals surface area contributed by atoms with Gasteiger partial charge in [0.1, 0.15) is 5.82 Å². The van der Waals surface area contributed by atoms with Gasteiger partial charge in [-0.15, -0.1) is 0 Å². The molecule has 0 aliphatic carbocycles. The molecule has 1 fully saturated rings. The van der Waals surface area contributed by atoms with Gasteiger partial charge < -0.3 is 10.1 Å². The maximum Gasteiger partial charge on any atom is 0.434 e. The molecule has 1 aliphatic heterocycles. The molecular formula is C16H15F4N3O2. The molecule has 2 aromatic rings. The number of benzene rings is 1. The number of hydrogen-bond donors (Lipinski definition) is 1. The second-order valence-corrected chi connectivity index (χ2v) is 5.64. The molecule has 0 spiro atoms. The molecule has 1 aliphatic rings. The first-order valence-corrected chi connectivity index (χ1v) is 7.67. The molecule has 25 heavy (non-hydrogen) atoms. The minimum absolute atomic E-state index is 0.120. The topological polar surface area (TPSA) is 56.1 Å². The quantitative estimate of drug-likeness (QED) is 0.856. The van der Waals surface area contributed by atoms with Gasteiger partial charge in [0, 0.05) is 13.2 Å². The fourth-order valence-electron chi connectivity index (χ4n) is 2.70. The molecule has 9 heteroatoms. The lowest BCUT2D eigenvalue weighted by molar-refractivity contribution is -0.143. The lowest BCUT2D eigenvalue weighted by atomic mass is 10.2. The monoisotopic (exact) mass is 357 g/mol. The van der Waals surface area contributed by atoms with Crippen molar-refractivity contribution < 1.29 is 27.1 Å². The lowest BCUT2D eigenvalue weighted by Gasteiger charge is -2.14. The summed E-state index contributed by atoms with van der Waals surface area (Å²) in [5, 5.41) is 6.07. The standard InChI is InChI=1S/C16H15F4N3O2/c17-10-3-1-4-11(7-10)23-14(16(18,19)20)13(9-22-23)15(24)21-8-12-5-2-6-25-12/h1,3-4,7,9,12H,2,5-6,8H2,(H,21,24)/t12-/m1/s1. The molecule has 1 amide bonds. The molecule has 0 saturated carbocycles. The Hall–Kier alpha value is -2.42. The Bertz CT molecular complexity index is 767. The van der Waals surface area contributed by atoms with Crippen molar-refractivity contribution in [3.8, 4) is 5.69 Å². The number of nitrogens with one attached hydrogen (secondary N) is 1. The molecule has 3 rings (SSSR count). The number of carbonyl (C=O) groups excluding carboxylic acids is 1. The van der Waals surface area contributed by atoms with Gasteiger partial charge in [0.2, 0.25) is 0 Å². The minimum atomic E-state index is -4.83. The van der Waals surface area contributed by atoms with Crippen LogP contribution in [-0.4, -0.2) is 34.9 Å². The number of rotatable bonds is 4. The summed E-state index contributed by atoms with van der Waals surface area (Å²) < 4.78 is 59.6. The average Bonchev–Trinajstić information content (AvgIpc) is 3.21. The molecule has 1 N–H and O–H groups in total. The van der Waals surface area contributed by atoms with Gasteiger partial charge in [-0.1, -0.05) is 6.07 Å². The first kappa shape index (κ1) is 17.4. The number of aromatic nitrogens is 2. The minimum Gasteiger partial charge on any atom is -0.376 e. The highest BCUT2D eigenvalue weighted by Crippen LogP contribution is 2.33. The van der Waals surface area contributed by atoms with E-state index in [2.05, 4.69) is 10.4 Å². The number of nitrogens with zero attached hydrogens (tertiary/aromatic N) is 2. The van der Waals surface area contributed by atoms with Crippen LogP contribution in [0, 0.1) is 5.82 Å². The van der Waals surface area contributed by atoms with Crippen molar-refractivity contribution in [1.82, 2.24) is 15.1 Å². The van der Waals surface area contributed by atoms with Crippen molar-refractivity contribution in [3.05, 3.63) is 47.5 Å². The first-order chi connectivity index (χ1) is 11.9. The third-order valence-electron chi connectivity index (χ3n) is 3.85. The number of amides is 1. The first-order valence-electron chi connectivity index (χ1n) is 7.67. The predicted molar refractivity (Wildman–Crippen MR) is 79.8 cm³/mol. The highest BCUT2D eigenvalue weighted by atomic mass is 19.4. The summed E-state index contributed by atoms with van der Waals surface area (Å²) >= 11 is 0. The van der Waals surface area contributed by atoms with Gasteiger partial charge in [-0.05, 0) is 31.0 Å². The van der Waals surface area contributed by atoms with Crippen molar-refractivity contribution in [2.45, 2.75) is 25.1 Å². The Morgan fingerprint density at radius 1 is 1.40 bits per heavy atom. The van der Waals surface area contributed by atoms with Crippen molar-refractivity contribution in [2.75, 3.05) is 13.2 Å². The van der Waals surface area contributed by atoms with Crippen LogP contribution in [0.1, 0.15) is 28.9 Å². The summed E-state index contributed by atoms with van der Waals surface area (Å²) in [4.78, 5) is 12.2. The number of alkyl halides is 3. The number of hydrogen-bond acceptors (Lipinski definition) is 3. The van der Waals surface area contributed by atoms with E-state index in [0.29, 0.717) is 11.3 Å². The summed E-state index contributed by atoms with van der Waals surface area (Å²) in [6, 6.07) is 4.56. The van der Waals surface area contributed by atoms with E-state index >= 15 is 0 Å². The van der Waals surface area contributed by atoms with Gasteiger partial charge in [-0.25, -0.2) is 9.07 Å². The second-order valence-electron chi connectivity index (χ2n) is 5.64. The summed E-state index contributed by atoms with van der Waals surface area (Å²) in [5.41, 5.74) is -1.98. The van der Waals surface area contributed by atoms with Crippen LogP contribution in [0.25, 0.3) is 5.69 Å². The van der Waals surface area contributed by atoms with E-state index in [9.17, 15) is 22.4 Å². The van der Waals surface area contributed by atoms with Crippen molar-refractivity contribution in [2.24, 2.45) is 0 Å².